The average molecular weight is 326 g/mol. The van der Waals surface area contributed by atoms with Crippen LogP contribution < -0.4 is 4.90 Å². The number of ketones is 1. The van der Waals surface area contributed by atoms with Crippen LogP contribution in [0.3, 0.4) is 0 Å². The first-order valence-corrected chi connectivity index (χ1v) is 8.56. The number of carbonyl (C=O) groups excluding carboxylic acids is 1. The minimum atomic E-state index is 0.190. The predicted molar refractivity (Wildman–Crippen MR) is 97.2 cm³/mol. The van der Waals surface area contributed by atoms with Crippen molar-refractivity contribution in [2.75, 3.05) is 31.7 Å². The van der Waals surface area contributed by atoms with Gasteiger partial charge < -0.3 is 14.2 Å². The van der Waals surface area contributed by atoms with Crippen LogP contribution in [-0.4, -0.2) is 37.2 Å². The summed E-state index contributed by atoms with van der Waals surface area (Å²) in [4.78, 5) is 15.1. The molecule has 0 N–H and O–H groups in total. The minimum absolute atomic E-state index is 0.190. The third-order valence-corrected chi connectivity index (χ3v) is 4.95. The summed E-state index contributed by atoms with van der Waals surface area (Å²) in [7, 11) is 1.71. The molecule has 1 atom stereocenters. The number of fused-ring (bicyclic) bond motifs is 1. The van der Waals surface area contributed by atoms with Gasteiger partial charge in [0.05, 0.1) is 19.2 Å². The molecule has 1 aromatic heterocycles. The Kier molecular flexibility index (Phi) is 4.76. The molecule has 4 heteroatoms. The van der Waals surface area contributed by atoms with E-state index >= 15 is 0 Å². The van der Waals surface area contributed by atoms with E-state index in [2.05, 4.69) is 41.5 Å². The van der Waals surface area contributed by atoms with Gasteiger partial charge in [0, 0.05) is 36.3 Å². The van der Waals surface area contributed by atoms with E-state index in [-0.39, 0.29) is 11.8 Å². The number of ether oxygens (including phenoxy) is 1. The van der Waals surface area contributed by atoms with Crippen molar-refractivity contribution < 1.29 is 9.53 Å². The van der Waals surface area contributed by atoms with E-state index in [0.29, 0.717) is 13.2 Å². The number of methoxy groups -OCH3 is 1. The highest BCUT2D eigenvalue weighted by Gasteiger charge is 2.24. The molecule has 0 unspecified atom stereocenters. The van der Waals surface area contributed by atoms with Crippen LogP contribution in [0.4, 0.5) is 5.69 Å². The monoisotopic (exact) mass is 326 g/mol. The number of Topliss-reactive ketones (excluding diaryl/α,β-unsaturated/α-hetero) is 1. The van der Waals surface area contributed by atoms with Crippen molar-refractivity contribution in [1.82, 2.24) is 4.57 Å². The Hall–Kier alpha value is -2.07. The molecule has 0 amide bonds. The third kappa shape index (κ3) is 2.98. The maximum absolute atomic E-state index is 12.9. The Labute approximate surface area is 144 Å². The molecule has 0 saturated heterocycles. The number of carbonyl (C=O) groups is 1. The molecule has 0 aliphatic carbocycles. The highest BCUT2D eigenvalue weighted by atomic mass is 16.5. The van der Waals surface area contributed by atoms with E-state index in [1.54, 1.807) is 7.11 Å². The molecule has 1 aliphatic heterocycles. The quantitative estimate of drug-likeness (QED) is 0.761. The van der Waals surface area contributed by atoms with Crippen LogP contribution in [0.1, 0.15) is 40.3 Å². The molecule has 1 aliphatic rings. The smallest absolute Gasteiger partial charge is 0.183 e. The van der Waals surface area contributed by atoms with Gasteiger partial charge in [0.2, 0.25) is 0 Å². The summed E-state index contributed by atoms with van der Waals surface area (Å²) >= 11 is 0. The molecule has 0 bridgehead atoms. The summed E-state index contributed by atoms with van der Waals surface area (Å²) in [6.45, 7) is 8.22. The molecule has 0 spiro atoms. The van der Waals surface area contributed by atoms with Gasteiger partial charge >= 0.3 is 0 Å². The average Bonchev–Trinajstić information content (AvgIpc) is 3.09. The van der Waals surface area contributed by atoms with Crippen LogP contribution >= 0.6 is 0 Å². The van der Waals surface area contributed by atoms with Gasteiger partial charge in [-0.15, -0.1) is 0 Å². The molecule has 4 nitrogen and oxygen atoms in total. The number of benzene rings is 1. The van der Waals surface area contributed by atoms with Crippen molar-refractivity contribution in [3.63, 3.8) is 0 Å². The number of anilines is 1. The molecule has 1 aromatic carbocycles. The Bertz CT molecular complexity index is 748. The second-order valence-corrected chi connectivity index (χ2v) is 6.68. The summed E-state index contributed by atoms with van der Waals surface area (Å²) in [5, 5.41) is 0. The first kappa shape index (κ1) is 16.8. The molecule has 2 aromatic rings. The lowest BCUT2D eigenvalue weighted by molar-refractivity contribution is 0.0998. The van der Waals surface area contributed by atoms with Gasteiger partial charge in [0.15, 0.2) is 5.78 Å². The second-order valence-electron chi connectivity index (χ2n) is 6.68. The Morgan fingerprint density at radius 1 is 1.29 bits per heavy atom. The van der Waals surface area contributed by atoms with Gasteiger partial charge in [-0.1, -0.05) is 18.2 Å². The fourth-order valence-corrected chi connectivity index (χ4v) is 3.88. The molecule has 2 heterocycles. The lowest BCUT2D eigenvalue weighted by Crippen LogP contribution is -2.28. The fraction of sp³-hybridized carbons (Fsp3) is 0.450. The molecular weight excluding hydrogens is 300 g/mol. The molecule has 0 radical (unpaired) electrons. The number of hydrogen-bond acceptors (Lipinski definition) is 3. The molecular formula is C20H26N2O2. The first-order valence-electron chi connectivity index (χ1n) is 8.56. The maximum atomic E-state index is 12.9. The molecule has 24 heavy (non-hydrogen) atoms. The normalized spacial score (nSPS) is 14.8. The number of rotatable bonds is 6. The van der Waals surface area contributed by atoms with Crippen molar-refractivity contribution in [2.45, 2.75) is 33.2 Å². The maximum Gasteiger partial charge on any atom is 0.183 e. The zero-order chi connectivity index (χ0) is 17.3. The van der Waals surface area contributed by atoms with Gasteiger partial charge in [0.25, 0.3) is 0 Å². The number of aromatic nitrogens is 1. The lowest BCUT2D eigenvalue weighted by Gasteiger charge is -2.19. The van der Waals surface area contributed by atoms with Crippen LogP contribution in [0.5, 0.6) is 0 Å². The van der Waals surface area contributed by atoms with Crippen molar-refractivity contribution in [3.05, 3.63) is 52.8 Å². The van der Waals surface area contributed by atoms with Crippen molar-refractivity contribution >= 4 is 11.5 Å². The third-order valence-electron chi connectivity index (χ3n) is 4.95. The highest BCUT2D eigenvalue weighted by molar-refractivity contribution is 6.00. The summed E-state index contributed by atoms with van der Waals surface area (Å²) < 4.78 is 7.47. The van der Waals surface area contributed by atoms with Crippen LogP contribution in [0, 0.1) is 13.8 Å². The van der Waals surface area contributed by atoms with E-state index in [1.807, 2.05) is 19.1 Å². The predicted octanol–water partition coefficient (Wildman–Crippen LogP) is 3.56. The number of nitrogens with zero attached hydrogens (tertiary/aromatic N) is 2. The van der Waals surface area contributed by atoms with Crippen LogP contribution in [0.25, 0.3) is 0 Å². The highest BCUT2D eigenvalue weighted by Crippen LogP contribution is 2.28. The van der Waals surface area contributed by atoms with Crippen molar-refractivity contribution in [3.8, 4) is 0 Å². The number of para-hydroxylation sites is 1. The van der Waals surface area contributed by atoms with E-state index in [4.69, 9.17) is 4.74 Å². The van der Waals surface area contributed by atoms with Gasteiger partial charge in [-0.05, 0) is 44.9 Å². The number of aryl methyl sites for hydroxylation is 1. The summed E-state index contributed by atoms with van der Waals surface area (Å²) in [5.41, 5.74) is 5.52. The Balaban J connectivity index is 1.80. The fourth-order valence-electron chi connectivity index (χ4n) is 3.88. The largest absolute Gasteiger partial charge is 0.383 e. The SMILES string of the molecule is COC[C@H](C)n1c(C)cc(C(=O)CN2CCc3ccccc32)c1C. The lowest BCUT2D eigenvalue weighted by atomic mass is 10.1. The van der Waals surface area contributed by atoms with Gasteiger partial charge in [0.1, 0.15) is 0 Å². The molecule has 128 valence electrons. The van der Waals surface area contributed by atoms with E-state index in [0.717, 1.165) is 29.9 Å². The zero-order valence-corrected chi connectivity index (χ0v) is 15.0. The summed E-state index contributed by atoms with van der Waals surface area (Å²) in [6.07, 6.45) is 1.02. The van der Waals surface area contributed by atoms with Gasteiger partial charge in [-0.25, -0.2) is 0 Å². The second kappa shape index (κ2) is 6.81. The van der Waals surface area contributed by atoms with Crippen LogP contribution in [-0.2, 0) is 11.2 Å². The van der Waals surface area contributed by atoms with E-state index in [1.165, 1.54) is 11.3 Å². The minimum Gasteiger partial charge on any atom is -0.383 e. The van der Waals surface area contributed by atoms with Crippen LogP contribution in [0.2, 0.25) is 0 Å². The zero-order valence-electron chi connectivity index (χ0n) is 15.0. The van der Waals surface area contributed by atoms with Gasteiger partial charge in [-0.3, -0.25) is 4.79 Å². The Morgan fingerprint density at radius 2 is 2.04 bits per heavy atom. The Morgan fingerprint density at radius 3 is 2.79 bits per heavy atom. The first-order chi connectivity index (χ1) is 11.5. The molecule has 0 fully saturated rings. The van der Waals surface area contributed by atoms with Gasteiger partial charge in [-0.2, -0.15) is 0 Å². The van der Waals surface area contributed by atoms with E-state index in [9.17, 15) is 4.79 Å². The van der Waals surface area contributed by atoms with Crippen molar-refractivity contribution in [1.29, 1.82) is 0 Å². The summed E-state index contributed by atoms with van der Waals surface area (Å²) in [6, 6.07) is 10.6. The van der Waals surface area contributed by atoms with E-state index < -0.39 is 0 Å². The van der Waals surface area contributed by atoms with Crippen LogP contribution in [0.15, 0.2) is 30.3 Å². The molecule has 0 saturated carbocycles. The topological polar surface area (TPSA) is 34.5 Å². The van der Waals surface area contributed by atoms with Crippen molar-refractivity contribution in [2.24, 2.45) is 0 Å². The number of hydrogen-bond donors (Lipinski definition) is 0. The summed E-state index contributed by atoms with van der Waals surface area (Å²) in [5.74, 6) is 0.190. The standard InChI is InChI=1S/C20H26N2O2/c1-14-11-18(16(3)22(14)15(2)13-24-4)20(23)12-21-10-9-17-7-5-6-8-19(17)21/h5-8,11,15H,9-10,12-13H2,1-4H3/t15-/m0/s1. The molecule has 3 rings (SSSR count).